The van der Waals surface area contributed by atoms with Crippen LogP contribution < -0.4 is 0 Å². The van der Waals surface area contributed by atoms with Crippen LogP contribution in [0.3, 0.4) is 0 Å². The average molecular weight is 293 g/mol. The molecule has 5 aliphatic rings. The molecule has 21 heavy (non-hydrogen) atoms. The first-order valence-corrected chi connectivity index (χ1v) is 8.55. The third-order valence-corrected chi connectivity index (χ3v) is 6.68. The monoisotopic (exact) mass is 293 g/mol. The number of ether oxygens (including phenoxy) is 1. The van der Waals surface area contributed by atoms with E-state index in [9.17, 15) is 9.90 Å². The first kappa shape index (κ1) is 14.0. The summed E-state index contributed by atoms with van der Waals surface area (Å²) in [4.78, 5) is 13.7. The Bertz CT molecular complexity index is 400. The molecule has 0 aromatic rings. The van der Waals surface area contributed by atoms with Crippen LogP contribution in [-0.4, -0.2) is 48.8 Å². The molecule has 4 nitrogen and oxygen atoms in total. The summed E-state index contributed by atoms with van der Waals surface area (Å²) in [5.74, 6) is 1.83. The highest BCUT2D eigenvalue weighted by Crippen LogP contribution is 2.60. The average Bonchev–Trinajstić information content (AvgIpc) is 2.85. The van der Waals surface area contributed by atoms with Crippen LogP contribution in [0.1, 0.15) is 38.5 Å². The maximum atomic E-state index is 11.4. The predicted molar refractivity (Wildman–Crippen MR) is 79.0 cm³/mol. The van der Waals surface area contributed by atoms with E-state index in [4.69, 9.17) is 4.74 Å². The van der Waals surface area contributed by atoms with Gasteiger partial charge in [0.25, 0.3) is 0 Å². The minimum atomic E-state index is -0.699. The third-order valence-electron chi connectivity index (χ3n) is 6.68. The summed E-state index contributed by atoms with van der Waals surface area (Å²) >= 11 is 0. The first-order valence-electron chi connectivity index (χ1n) is 8.55. The molecular formula is C17H27NO3. The molecule has 4 saturated carbocycles. The van der Waals surface area contributed by atoms with Gasteiger partial charge in [0.15, 0.2) is 0 Å². The van der Waals surface area contributed by atoms with E-state index >= 15 is 0 Å². The molecule has 0 radical (unpaired) electrons. The van der Waals surface area contributed by atoms with Gasteiger partial charge in [0.2, 0.25) is 0 Å². The van der Waals surface area contributed by atoms with E-state index in [0.29, 0.717) is 18.6 Å². The minimum Gasteiger partial charge on any atom is -0.481 e. The second-order valence-electron chi connectivity index (χ2n) is 8.38. The van der Waals surface area contributed by atoms with E-state index in [-0.39, 0.29) is 12.0 Å². The molecule has 0 amide bonds. The van der Waals surface area contributed by atoms with Gasteiger partial charge in [-0.1, -0.05) is 0 Å². The molecule has 2 unspecified atom stereocenters. The lowest BCUT2D eigenvalue weighted by molar-refractivity contribution is -0.143. The summed E-state index contributed by atoms with van der Waals surface area (Å²) in [5, 5.41) is 9.36. The van der Waals surface area contributed by atoms with Gasteiger partial charge >= 0.3 is 5.97 Å². The van der Waals surface area contributed by atoms with Crippen molar-refractivity contribution in [3.8, 4) is 0 Å². The normalized spacial score (nSPS) is 48.2. The summed E-state index contributed by atoms with van der Waals surface area (Å²) in [5.41, 5.74) is 0.481. The maximum absolute atomic E-state index is 11.4. The number of carboxylic acids is 1. The number of aliphatic carboxylic acids is 1. The molecule has 4 bridgehead atoms. The second kappa shape index (κ2) is 4.95. The van der Waals surface area contributed by atoms with Crippen molar-refractivity contribution in [3.63, 3.8) is 0 Å². The van der Waals surface area contributed by atoms with Crippen LogP contribution in [0.25, 0.3) is 0 Å². The van der Waals surface area contributed by atoms with Crippen LogP contribution in [0.2, 0.25) is 0 Å². The van der Waals surface area contributed by atoms with Crippen molar-refractivity contribution in [2.75, 3.05) is 26.8 Å². The van der Waals surface area contributed by atoms with Crippen molar-refractivity contribution < 1.29 is 14.6 Å². The number of rotatable bonds is 4. The Hall–Kier alpha value is -0.610. The maximum Gasteiger partial charge on any atom is 0.310 e. The molecule has 2 atom stereocenters. The summed E-state index contributed by atoms with van der Waals surface area (Å²) in [7, 11) is 2.12. The lowest BCUT2D eigenvalue weighted by Gasteiger charge is -2.58. The fraction of sp³-hybridized carbons (Fsp3) is 0.941. The van der Waals surface area contributed by atoms with Crippen molar-refractivity contribution in [2.45, 2.75) is 44.6 Å². The summed E-state index contributed by atoms with van der Waals surface area (Å²) in [6, 6.07) is 0.0653. The van der Waals surface area contributed by atoms with E-state index in [1.807, 2.05) is 0 Å². The summed E-state index contributed by atoms with van der Waals surface area (Å²) < 4.78 is 5.45. The predicted octanol–water partition coefficient (Wildman–Crippen LogP) is 2.23. The zero-order valence-corrected chi connectivity index (χ0v) is 13.0. The fourth-order valence-electron chi connectivity index (χ4n) is 6.34. The van der Waals surface area contributed by atoms with Crippen molar-refractivity contribution in [2.24, 2.45) is 29.1 Å². The number of hydrogen-bond donors (Lipinski definition) is 1. The Balaban J connectivity index is 1.47. The summed E-state index contributed by atoms with van der Waals surface area (Å²) in [6.45, 7) is 2.04. The molecule has 1 N–H and O–H groups in total. The zero-order valence-electron chi connectivity index (χ0n) is 13.0. The van der Waals surface area contributed by atoms with Gasteiger partial charge in [0, 0.05) is 12.6 Å². The van der Waals surface area contributed by atoms with Gasteiger partial charge in [0.05, 0.1) is 19.1 Å². The molecule has 0 aromatic carbocycles. The van der Waals surface area contributed by atoms with Crippen LogP contribution in [0.15, 0.2) is 0 Å². The number of carboxylic acid groups (broad SMARTS) is 1. The lowest BCUT2D eigenvalue weighted by Crippen LogP contribution is -2.53. The Labute approximate surface area is 126 Å². The fourth-order valence-corrected chi connectivity index (χ4v) is 6.34. The molecule has 5 fully saturated rings. The number of nitrogens with zero attached hydrogens (tertiary/aromatic N) is 1. The van der Waals surface area contributed by atoms with E-state index < -0.39 is 5.97 Å². The molecule has 1 saturated heterocycles. The van der Waals surface area contributed by atoms with E-state index in [1.54, 1.807) is 0 Å². The highest BCUT2D eigenvalue weighted by Gasteiger charge is 2.52. The standard InChI is InChI=1S/C17H27NO3/c1-18(15-9-21-8-14(15)16(19)20)10-17-5-11-2-12(6-17)4-13(3-11)7-17/h11-15H,2-10H2,1H3,(H,19,20). The third kappa shape index (κ3) is 2.40. The van der Waals surface area contributed by atoms with Crippen LogP contribution >= 0.6 is 0 Å². The number of hydrogen-bond acceptors (Lipinski definition) is 3. The van der Waals surface area contributed by atoms with Gasteiger partial charge in [-0.05, 0) is 68.7 Å². The quantitative estimate of drug-likeness (QED) is 0.863. The number of likely N-dealkylation sites (N-methyl/N-ethyl adjacent to an activating group) is 1. The molecular weight excluding hydrogens is 266 g/mol. The Morgan fingerprint density at radius 2 is 1.71 bits per heavy atom. The molecule has 1 aliphatic heterocycles. The highest BCUT2D eigenvalue weighted by atomic mass is 16.5. The van der Waals surface area contributed by atoms with Gasteiger partial charge < -0.3 is 9.84 Å². The smallest absolute Gasteiger partial charge is 0.310 e. The van der Waals surface area contributed by atoms with E-state index in [2.05, 4.69) is 11.9 Å². The van der Waals surface area contributed by atoms with Crippen LogP contribution in [0.5, 0.6) is 0 Å². The van der Waals surface area contributed by atoms with Crippen molar-refractivity contribution in [3.05, 3.63) is 0 Å². The van der Waals surface area contributed by atoms with Gasteiger partial charge in [-0.3, -0.25) is 9.69 Å². The topological polar surface area (TPSA) is 49.8 Å². The van der Waals surface area contributed by atoms with Crippen LogP contribution in [0, 0.1) is 29.1 Å². The van der Waals surface area contributed by atoms with Crippen LogP contribution in [0.4, 0.5) is 0 Å². The number of carbonyl (C=O) groups is 1. The van der Waals surface area contributed by atoms with Crippen LogP contribution in [-0.2, 0) is 9.53 Å². The van der Waals surface area contributed by atoms with Gasteiger partial charge in [-0.15, -0.1) is 0 Å². The highest BCUT2D eigenvalue weighted by molar-refractivity contribution is 5.71. The molecule has 118 valence electrons. The van der Waals surface area contributed by atoms with E-state index in [0.717, 1.165) is 24.3 Å². The minimum absolute atomic E-state index is 0.0653. The first-order chi connectivity index (χ1) is 10.0. The molecule has 4 heteroatoms. The lowest BCUT2D eigenvalue weighted by atomic mass is 9.49. The Morgan fingerprint density at radius 3 is 2.24 bits per heavy atom. The largest absolute Gasteiger partial charge is 0.481 e. The Morgan fingerprint density at radius 1 is 1.14 bits per heavy atom. The molecule has 5 rings (SSSR count). The van der Waals surface area contributed by atoms with E-state index in [1.165, 1.54) is 38.5 Å². The second-order valence-corrected chi connectivity index (χ2v) is 8.38. The molecule has 1 heterocycles. The van der Waals surface area contributed by atoms with Gasteiger partial charge in [0.1, 0.15) is 0 Å². The zero-order chi connectivity index (χ0) is 14.6. The van der Waals surface area contributed by atoms with Gasteiger partial charge in [-0.2, -0.15) is 0 Å². The van der Waals surface area contributed by atoms with Gasteiger partial charge in [-0.25, -0.2) is 0 Å². The Kier molecular flexibility index (Phi) is 3.30. The molecule has 0 aromatic heterocycles. The van der Waals surface area contributed by atoms with Crippen molar-refractivity contribution >= 4 is 5.97 Å². The van der Waals surface area contributed by atoms with Crippen molar-refractivity contribution in [1.82, 2.24) is 4.90 Å². The molecule has 4 aliphatic carbocycles. The van der Waals surface area contributed by atoms with Crippen molar-refractivity contribution in [1.29, 1.82) is 0 Å². The summed E-state index contributed by atoms with van der Waals surface area (Å²) in [6.07, 6.45) is 8.55. The SMILES string of the molecule is CN(CC12CC3CC(CC(C3)C1)C2)C1COCC1C(=O)O. The molecule has 0 spiro atoms.